The van der Waals surface area contributed by atoms with E-state index in [-0.39, 0.29) is 11.0 Å². The summed E-state index contributed by atoms with van der Waals surface area (Å²) in [5.41, 5.74) is 0.931. The van der Waals surface area contributed by atoms with Crippen molar-refractivity contribution in [3.63, 3.8) is 0 Å². The third kappa shape index (κ3) is 2.50. The molecule has 0 bridgehead atoms. The first-order valence-corrected chi connectivity index (χ1v) is 7.33. The molecule has 0 saturated carbocycles. The van der Waals surface area contributed by atoms with Crippen LogP contribution in [0.5, 0.6) is 5.75 Å². The number of hydrogen-bond acceptors (Lipinski definition) is 4. The Morgan fingerprint density at radius 2 is 2.05 bits per heavy atom. The summed E-state index contributed by atoms with van der Waals surface area (Å²) in [7, 11) is 0. The number of fused-ring (bicyclic) bond motifs is 3. The maximum Gasteiger partial charge on any atom is 0.345 e. The molecule has 0 unspecified atom stereocenters. The number of ether oxygens (including phenoxy) is 1. The van der Waals surface area contributed by atoms with Crippen molar-refractivity contribution < 1.29 is 9.15 Å². The molecule has 0 atom stereocenters. The molecule has 0 aliphatic carbocycles. The van der Waals surface area contributed by atoms with E-state index in [4.69, 9.17) is 9.15 Å². The molecule has 2 aromatic heterocycles. The number of pyridine rings is 1. The Morgan fingerprint density at radius 1 is 1.23 bits per heavy atom. The standard InChI is InChI=1S/C17H17NO4/c1-3-4-7-21-11-8-13(19)15-14(9-11)22-17(20)12-6-5-10(2)18-16(12)15/h5-6,8-9,18H,3-4,7H2,1-2H3. The normalized spacial score (nSPS) is 11.2. The highest BCUT2D eigenvalue weighted by Crippen LogP contribution is 2.22. The largest absolute Gasteiger partial charge is 0.493 e. The molecule has 5 nitrogen and oxygen atoms in total. The molecule has 0 saturated heterocycles. The highest BCUT2D eigenvalue weighted by atomic mass is 16.5. The maximum absolute atomic E-state index is 12.4. The minimum atomic E-state index is -0.469. The zero-order valence-corrected chi connectivity index (χ0v) is 12.6. The topological polar surface area (TPSA) is 72.3 Å². The van der Waals surface area contributed by atoms with Crippen LogP contribution in [0.3, 0.4) is 0 Å². The van der Waals surface area contributed by atoms with E-state index in [9.17, 15) is 9.59 Å². The number of benzene rings is 1. The van der Waals surface area contributed by atoms with Crippen molar-refractivity contribution in [2.45, 2.75) is 26.7 Å². The predicted octanol–water partition coefficient (Wildman–Crippen LogP) is 3.12. The van der Waals surface area contributed by atoms with Gasteiger partial charge in [-0.25, -0.2) is 4.79 Å². The van der Waals surface area contributed by atoms with Crippen LogP contribution in [0.4, 0.5) is 0 Å². The second-order valence-electron chi connectivity index (χ2n) is 5.32. The van der Waals surface area contributed by atoms with E-state index >= 15 is 0 Å². The Bertz CT molecular complexity index is 952. The minimum absolute atomic E-state index is 0.223. The molecule has 2 heterocycles. The quantitative estimate of drug-likeness (QED) is 0.456. The van der Waals surface area contributed by atoms with Gasteiger partial charge in [0.2, 0.25) is 0 Å². The van der Waals surface area contributed by atoms with Gasteiger partial charge in [0.15, 0.2) is 5.43 Å². The van der Waals surface area contributed by atoms with Gasteiger partial charge in [-0.15, -0.1) is 0 Å². The number of H-pyrrole nitrogens is 1. The summed E-state index contributed by atoms with van der Waals surface area (Å²) >= 11 is 0. The Kier molecular flexibility index (Phi) is 3.71. The second-order valence-corrected chi connectivity index (χ2v) is 5.32. The van der Waals surface area contributed by atoms with Gasteiger partial charge in [-0.2, -0.15) is 0 Å². The Hall–Kier alpha value is -2.56. The molecule has 114 valence electrons. The van der Waals surface area contributed by atoms with Crippen LogP contribution < -0.4 is 15.8 Å². The fourth-order valence-electron chi connectivity index (χ4n) is 2.43. The van der Waals surface area contributed by atoms with Crippen LogP contribution in [-0.2, 0) is 0 Å². The number of aromatic nitrogens is 1. The van der Waals surface area contributed by atoms with E-state index in [0.29, 0.717) is 28.6 Å². The Labute approximate surface area is 126 Å². The average Bonchev–Trinajstić information content (AvgIpc) is 2.46. The number of aromatic amines is 1. The summed E-state index contributed by atoms with van der Waals surface area (Å²) in [4.78, 5) is 27.5. The van der Waals surface area contributed by atoms with Crippen molar-refractivity contribution in [1.82, 2.24) is 4.98 Å². The molecular weight excluding hydrogens is 282 g/mol. The molecule has 0 spiro atoms. The lowest BCUT2D eigenvalue weighted by Crippen LogP contribution is -2.09. The van der Waals surface area contributed by atoms with Crippen molar-refractivity contribution in [3.05, 3.63) is 50.6 Å². The van der Waals surface area contributed by atoms with Crippen molar-refractivity contribution in [3.8, 4) is 5.75 Å². The van der Waals surface area contributed by atoms with Gasteiger partial charge in [0, 0.05) is 17.8 Å². The van der Waals surface area contributed by atoms with Crippen LogP contribution in [0.2, 0.25) is 0 Å². The van der Waals surface area contributed by atoms with Gasteiger partial charge < -0.3 is 14.1 Å². The van der Waals surface area contributed by atoms with Crippen molar-refractivity contribution >= 4 is 21.9 Å². The molecule has 0 fully saturated rings. The van der Waals surface area contributed by atoms with Crippen molar-refractivity contribution in [2.24, 2.45) is 0 Å². The van der Waals surface area contributed by atoms with Gasteiger partial charge in [0.1, 0.15) is 11.3 Å². The molecule has 1 aromatic carbocycles. The van der Waals surface area contributed by atoms with Gasteiger partial charge in [0.25, 0.3) is 0 Å². The number of rotatable bonds is 4. The molecule has 1 N–H and O–H groups in total. The van der Waals surface area contributed by atoms with Crippen LogP contribution in [-0.4, -0.2) is 11.6 Å². The first kappa shape index (κ1) is 14.4. The lowest BCUT2D eigenvalue weighted by molar-refractivity contribution is 0.309. The molecule has 0 aliphatic heterocycles. The Morgan fingerprint density at radius 3 is 2.82 bits per heavy atom. The van der Waals surface area contributed by atoms with Crippen molar-refractivity contribution in [2.75, 3.05) is 6.61 Å². The van der Waals surface area contributed by atoms with E-state index < -0.39 is 5.63 Å². The van der Waals surface area contributed by atoms with Gasteiger partial charge in [-0.05, 0) is 25.5 Å². The molecular formula is C17H17NO4. The summed E-state index contributed by atoms with van der Waals surface area (Å²) in [5.74, 6) is 0.432. The SMILES string of the molecule is CCCCOc1cc(=O)c2c(c1)oc(=O)c1ccc(C)[nH]c12. The lowest BCUT2D eigenvalue weighted by Gasteiger charge is -2.07. The molecule has 5 heteroatoms. The molecule has 0 aliphatic rings. The second kappa shape index (κ2) is 5.67. The van der Waals surface area contributed by atoms with Gasteiger partial charge in [-0.1, -0.05) is 13.3 Å². The zero-order chi connectivity index (χ0) is 15.7. The zero-order valence-electron chi connectivity index (χ0n) is 12.6. The third-order valence-electron chi connectivity index (χ3n) is 3.57. The van der Waals surface area contributed by atoms with Crippen molar-refractivity contribution in [1.29, 1.82) is 0 Å². The van der Waals surface area contributed by atoms with Crippen LogP contribution in [0.1, 0.15) is 25.5 Å². The summed E-state index contributed by atoms with van der Waals surface area (Å²) in [5, 5.41) is 0.746. The maximum atomic E-state index is 12.4. The molecule has 3 rings (SSSR count). The molecule has 0 amide bonds. The Balaban J connectivity index is 2.25. The smallest absolute Gasteiger partial charge is 0.345 e. The summed E-state index contributed by atoms with van der Waals surface area (Å²) in [6, 6.07) is 6.48. The van der Waals surface area contributed by atoms with Crippen LogP contribution in [0.15, 0.2) is 38.3 Å². The van der Waals surface area contributed by atoms with E-state index in [1.807, 2.05) is 6.92 Å². The minimum Gasteiger partial charge on any atom is -0.493 e. The van der Waals surface area contributed by atoms with E-state index in [1.54, 1.807) is 18.2 Å². The van der Waals surface area contributed by atoms with Crippen LogP contribution in [0, 0.1) is 6.92 Å². The molecule has 22 heavy (non-hydrogen) atoms. The molecule has 0 radical (unpaired) electrons. The van der Waals surface area contributed by atoms with Crippen LogP contribution >= 0.6 is 0 Å². The van der Waals surface area contributed by atoms with Gasteiger partial charge in [0.05, 0.1) is 22.9 Å². The third-order valence-corrected chi connectivity index (χ3v) is 3.57. The number of aryl methyl sites for hydroxylation is 1. The number of unbranched alkanes of at least 4 members (excludes halogenated alkanes) is 1. The summed E-state index contributed by atoms with van der Waals surface area (Å²) in [6.07, 6.45) is 1.91. The average molecular weight is 299 g/mol. The highest BCUT2D eigenvalue weighted by Gasteiger charge is 2.12. The number of nitrogens with one attached hydrogen (secondary N) is 1. The van der Waals surface area contributed by atoms with E-state index in [0.717, 1.165) is 18.5 Å². The fourth-order valence-corrected chi connectivity index (χ4v) is 2.43. The van der Waals surface area contributed by atoms with E-state index in [2.05, 4.69) is 11.9 Å². The first-order valence-electron chi connectivity index (χ1n) is 7.33. The fraction of sp³-hybridized carbons (Fsp3) is 0.294. The summed E-state index contributed by atoms with van der Waals surface area (Å²) in [6.45, 7) is 4.46. The highest BCUT2D eigenvalue weighted by molar-refractivity contribution is 6.01. The lowest BCUT2D eigenvalue weighted by atomic mass is 10.1. The predicted molar refractivity (Wildman–Crippen MR) is 85.8 cm³/mol. The molecule has 3 aromatic rings. The van der Waals surface area contributed by atoms with E-state index in [1.165, 1.54) is 6.07 Å². The number of hydrogen-bond donors (Lipinski definition) is 1. The van der Waals surface area contributed by atoms with Gasteiger partial charge in [-0.3, -0.25) is 4.79 Å². The summed E-state index contributed by atoms with van der Waals surface area (Å²) < 4.78 is 10.8. The first-order chi connectivity index (χ1) is 10.6. The van der Waals surface area contributed by atoms with Gasteiger partial charge >= 0.3 is 5.63 Å². The van der Waals surface area contributed by atoms with Crippen LogP contribution in [0.25, 0.3) is 21.9 Å². The monoisotopic (exact) mass is 299 g/mol.